The molecule has 0 spiro atoms. The molecule has 0 saturated carbocycles. The van der Waals surface area contributed by atoms with Crippen LogP contribution in [0.5, 0.6) is 11.5 Å². The number of ether oxygens (including phenoxy) is 2. The molecule has 0 bridgehead atoms. The van der Waals surface area contributed by atoms with Crippen LogP contribution in [0.1, 0.15) is 5.56 Å². The molecule has 1 aliphatic heterocycles. The molecule has 0 atom stereocenters. The van der Waals surface area contributed by atoms with Gasteiger partial charge in [-0.25, -0.2) is 9.37 Å². The van der Waals surface area contributed by atoms with E-state index >= 15 is 0 Å². The molecular formula is C21H18FN3O3S. The van der Waals surface area contributed by atoms with E-state index in [1.807, 2.05) is 29.9 Å². The normalized spacial score (nSPS) is 12.9. The summed E-state index contributed by atoms with van der Waals surface area (Å²) in [4.78, 5) is 17.3. The maximum absolute atomic E-state index is 13.7. The predicted molar refractivity (Wildman–Crippen MR) is 109 cm³/mol. The number of halogens is 1. The monoisotopic (exact) mass is 411 g/mol. The first-order chi connectivity index (χ1) is 14.1. The molecule has 4 rings (SSSR count). The van der Waals surface area contributed by atoms with Gasteiger partial charge in [0.15, 0.2) is 16.7 Å². The van der Waals surface area contributed by atoms with Crippen molar-refractivity contribution in [2.24, 2.45) is 7.05 Å². The Bertz CT molecular complexity index is 1080. The van der Waals surface area contributed by atoms with Gasteiger partial charge in [-0.3, -0.25) is 4.79 Å². The fourth-order valence-corrected chi connectivity index (χ4v) is 3.62. The Kier molecular flexibility index (Phi) is 5.53. The van der Waals surface area contributed by atoms with E-state index in [1.165, 1.54) is 30.0 Å². The van der Waals surface area contributed by atoms with Gasteiger partial charge in [-0.15, -0.1) is 0 Å². The van der Waals surface area contributed by atoms with Crippen molar-refractivity contribution in [1.82, 2.24) is 9.55 Å². The summed E-state index contributed by atoms with van der Waals surface area (Å²) in [6.45, 7) is 1.02. The highest BCUT2D eigenvalue weighted by atomic mass is 32.2. The molecule has 0 saturated heterocycles. The minimum atomic E-state index is -0.430. The number of carbonyl (C=O) groups excluding carboxylic acids is 1. The van der Waals surface area contributed by atoms with Crippen molar-refractivity contribution < 1.29 is 18.7 Å². The van der Waals surface area contributed by atoms with Gasteiger partial charge in [-0.05, 0) is 53.7 Å². The highest BCUT2D eigenvalue weighted by molar-refractivity contribution is 7.99. The molecule has 2 aromatic carbocycles. The van der Waals surface area contributed by atoms with Crippen LogP contribution in [0.4, 0.5) is 10.1 Å². The van der Waals surface area contributed by atoms with Crippen molar-refractivity contribution in [2.45, 2.75) is 10.1 Å². The Hall–Kier alpha value is -3.26. The molecular weight excluding hydrogens is 393 g/mol. The summed E-state index contributed by atoms with van der Waals surface area (Å²) in [7, 11) is 1.87. The second-order valence-electron chi connectivity index (χ2n) is 6.29. The highest BCUT2D eigenvalue weighted by Gasteiger charge is 2.12. The van der Waals surface area contributed by atoms with Gasteiger partial charge in [0, 0.05) is 30.4 Å². The maximum atomic E-state index is 13.7. The Morgan fingerprint density at radius 3 is 2.83 bits per heavy atom. The molecule has 8 heteroatoms. The lowest BCUT2D eigenvalue weighted by Gasteiger charge is -2.18. The van der Waals surface area contributed by atoms with Crippen molar-refractivity contribution in [2.75, 3.05) is 18.5 Å². The summed E-state index contributed by atoms with van der Waals surface area (Å²) in [5.41, 5.74) is 1.18. The van der Waals surface area contributed by atoms with E-state index in [4.69, 9.17) is 9.47 Å². The topological polar surface area (TPSA) is 65.4 Å². The minimum absolute atomic E-state index is 0.368. The standard InChI is InChI=1S/C21H18FN3O3S/c1-25-9-8-23-21(25)29-19-6-4-15(22)13-16(19)24-20(26)7-3-14-2-5-17-18(12-14)28-11-10-27-17/h2-9,12-13H,10-11H2,1H3,(H,24,26)/b7-3+. The molecule has 148 valence electrons. The largest absolute Gasteiger partial charge is 0.486 e. The van der Waals surface area contributed by atoms with Crippen molar-refractivity contribution in [3.63, 3.8) is 0 Å². The summed E-state index contributed by atoms with van der Waals surface area (Å²) in [6, 6.07) is 9.72. The van der Waals surface area contributed by atoms with Crippen LogP contribution in [0.25, 0.3) is 6.08 Å². The lowest BCUT2D eigenvalue weighted by Crippen LogP contribution is -2.15. The average molecular weight is 411 g/mol. The summed E-state index contributed by atoms with van der Waals surface area (Å²) < 4.78 is 26.6. The Balaban J connectivity index is 1.48. The number of fused-ring (bicyclic) bond motifs is 1. The Morgan fingerprint density at radius 1 is 1.21 bits per heavy atom. The number of carbonyl (C=O) groups is 1. The van der Waals surface area contributed by atoms with Crippen LogP contribution < -0.4 is 14.8 Å². The number of aromatic nitrogens is 2. The number of benzene rings is 2. The number of imidazole rings is 1. The molecule has 0 unspecified atom stereocenters. The lowest BCUT2D eigenvalue weighted by atomic mass is 10.2. The molecule has 3 aromatic rings. The van der Waals surface area contributed by atoms with Gasteiger partial charge in [-0.1, -0.05) is 6.07 Å². The third kappa shape index (κ3) is 4.60. The number of anilines is 1. The number of nitrogens with one attached hydrogen (secondary N) is 1. The maximum Gasteiger partial charge on any atom is 0.248 e. The van der Waals surface area contributed by atoms with E-state index in [1.54, 1.807) is 24.4 Å². The molecule has 0 aliphatic carbocycles. The van der Waals surface area contributed by atoms with Crippen LogP contribution in [0.3, 0.4) is 0 Å². The molecule has 2 heterocycles. The van der Waals surface area contributed by atoms with Gasteiger partial charge in [0.05, 0.1) is 5.69 Å². The van der Waals surface area contributed by atoms with Gasteiger partial charge in [0.25, 0.3) is 0 Å². The molecule has 1 aromatic heterocycles. The van der Waals surface area contributed by atoms with E-state index in [2.05, 4.69) is 10.3 Å². The van der Waals surface area contributed by atoms with Crippen molar-refractivity contribution in [3.8, 4) is 11.5 Å². The molecule has 0 fully saturated rings. The Morgan fingerprint density at radius 2 is 2.03 bits per heavy atom. The molecule has 0 radical (unpaired) electrons. The summed E-state index contributed by atoms with van der Waals surface area (Å²) in [6.07, 6.45) is 6.56. The first-order valence-electron chi connectivity index (χ1n) is 8.92. The smallest absolute Gasteiger partial charge is 0.248 e. The molecule has 29 heavy (non-hydrogen) atoms. The number of hydrogen-bond donors (Lipinski definition) is 1. The van der Waals surface area contributed by atoms with Crippen LogP contribution in [-0.4, -0.2) is 28.7 Å². The average Bonchev–Trinajstić information content (AvgIpc) is 3.13. The first kappa shape index (κ1) is 19.1. The van der Waals surface area contributed by atoms with Gasteiger partial charge >= 0.3 is 0 Å². The van der Waals surface area contributed by atoms with Crippen molar-refractivity contribution >= 4 is 29.4 Å². The van der Waals surface area contributed by atoms with E-state index in [-0.39, 0.29) is 5.91 Å². The third-order valence-electron chi connectivity index (χ3n) is 4.17. The number of hydrogen-bond acceptors (Lipinski definition) is 5. The Labute approximate surface area is 171 Å². The SMILES string of the molecule is Cn1ccnc1Sc1ccc(F)cc1NC(=O)/C=C/c1ccc2c(c1)OCCO2. The summed E-state index contributed by atoms with van der Waals surface area (Å²) in [5, 5.41) is 3.47. The zero-order valence-corrected chi connectivity index (χ0v) is 16.4. The molecule has 1 aliphatic rings. The van der Waals surface area contributed by atoms with Crippen molar-refractivity contribution in [3.05, 3.63) is 66.2 Å². The van der Waals surface area contributed by atoms with Gasteiger partial charge in [-0.2, -0.15) is 0 Å². The highest BCUT2D eigenvalue weighted by Crippen LogP contribution is 2.33. The zero-order valence-electron chi connectivity index (χ0n) is 15.6. The summed E-state index contributed by atoms with van der Waals surface area (Å²) in [5.74, 6) is 0.541. The predicted octanol–water partition coefficient (Wildman–Crippen LogP) is 4.13. The number of rotatable bonds is 5. The van der Waals surface area contributed by atoms with Crippen LogP contribution in [-0.2, 0) is 11.8 Å². The first-order valence-corrected chi connectivity index (χ1v) is 9.73. The molecule has 6 nitrogen and oxygen atoms in total. The second-order valence-corrected chi connectivity index (χ2v) is 7.30. The quantitative estimate of drug-likeness (QED) is 0.640. The minimum Gasteiger partial charge on any atom is -0.486 e. The fourth-order valence-electron chi connectivity index (χ4n) is 2.75. The van der Waals surface area contributed by atoms with Crippen LogP contribution >= 0.6 is 11.8 Å². The third-order valence-corrected chi connectivity index (χ3v) is 5.32. The van der Waals surface area contributed by atoms with Crippen LogP contribution in [0, 0.1) is 5.82 Å². The van der Waals surface area contributed by atoms with E-state index in [0.29, 0.717) is 35.3 Å². The molecule has 1 N–H and O–H groups in total. The molecule has 1 amide bonds. The second kappa shape index (κ2) is 8.40. The van der Waals surface area contributed by atoms with Gasteiger partial charge in [0.1, 0.15) is 19.0 Å². The summed E-state index contributed by atoms with van der Waals surface area (Å²) >= 11 is 1.34. The number of amides is 1. The van der Waals surface area contributed by atoms with E-state index < -0.39 is 5.82 Å². The zero-order chi connectivity index (χ0) is 20.2. The van der Waals surface area contributed by atoms with E-state index in [0.717, 1.165) is 10.7 Å². The van der Waals surface area contributed by atoms with E-state index in [9.17, 15) is 9.18 Å². The van der Waals surface area contributed by atoms with Crippen LogP contribution in [0.15, 0.2) is 64.9 Å². The number of aryl methyl sites for hydroxylation is 1. The fraction of sp³-hybridized carbons (Fsp3) is 0.143. The van der Waals surface area contributed by atoms with Crippen LogP contribution in [0.2, 0.25) is 0 Å². The van der Waals surface area contributed by atoms with Crippen molar-refractivity contribution in [1.29, 1.82) is 0 Å². The number of nitrogens with zero attached hydrogens (tertiary/aromatic N) is 2. The lowest BCUT2D eigenvalue weighted by molar-refractivity contribution is -0.111. The van der Waals surface area contributed by atoms with Gasteiger partial charge < -0.3 is 19.4 Å². The van der Waals surface area contributed by atoms with Gasteiger partial charge in [0.2, 0.25) is 5.91 Å².